The van der Waals surface area contributed by atoms with Crippen molar-refractivity contribution in [3.63, 3.8) is 0 Å². The molecule has 2 aliphatic carbocycles. The third kappa shape index (κ3) is 70.8. The second-order valence-electron chi connectivity index (χ2n) is 10.4. The summed E-state index contributed by atoms with van der Waals surface area (Å²) < 4.78 is 0. The Morgan fingerprint density at radius 1 is 0.721 bits per heavy atom. The molecule has 43 heavy (non-hydrogen) atoms. The first-order valence-corrected chi connectivity index (χ1v) is 25.2. The predicted molar refractivity (Wildman–Crippen MR) is 175 cm³/mol. The van der Waals surface area contributed by atoms with Crippen LogP contribution < -0.4 is 0 Å². The summed E-state index contributed by atoms with van der Waals surface area (Å²) in [7, 11) is 19.5. The Labute approximate surface area is 295 Å². The van der Waals surface area contributed by atoms with E-state index in [0.29, 0.717) is 18.4 Å². The van der Waals surface area contributed by atoms with E-state index >= 15 is 0 Å². The van der Waals surface area contributed by atoms with E-state index in [4.69, 9.17) is 74.7 Å². The number of halogens is 4. The zero-order chi connectivity index (χ0) is 35.3. The van der Waals surface area contributed by atoms with Crippen LogP contribution >= 0.6 is 37.7 Å². The third-order valence-electron chi connectivity index (χ3n) is 5.13. The van der Waals surface area contributed by atoms with Crippen molar-refractivity contribution in [2.75, 3.05) is 19.8 Å². The van der Waals surface area contributed by atoms with Gasteiger partial charge in [-0.2, -0.15) is 23.9 Å². The van der Waals surface area contributed by atoms with Crippen molar-refractivity contribution < 1.29 is 68.1 Å². The monoisotopic (exact) mass is 1060 g/mol. The summed E-state index contributed by atoms with van der Waals surface area (Å²) in [4.78, 5) is 19.4. The molecule has 0 spiro atoms. The summed E-state index contributed by atoms with van der Waals surface area (Å²) in [5.41, 5.74) is 14.8. The minimum absolute atomic E-state index is 0.0775. The molecule has 0 aromatic rings. The molecule has 2 aliphatic rings. The van der Waals surface area contributed by atoms with E-state index in [2.05, 4.69) is 13.8 Å². The maximum atomic E-state index is 10.0. The SMILES string of the molecule is CC(C)(C)CC(=O)O.CCC(=O)O.CCCO.OCCO.[CH2-][C@@H]1CCCC[C@H]1[NH-].[CH2-][C@@H]1CCCC[C@H]1[NH-].[Cl][Pt+2][Cl].[Cl][Pt+2][Cl]. The van der Waals surface area contributed by atoms with Crippen LogP contribution in [0.5, 0.6) is 0 Å². The van der Waals surface area contributed by atoms with Crippen molar-refractivity contribution in [2.24, 2.45) is 17.3 Å². The van der Waals surface area contributed by atoms with Gasteiger partial charge >= 0.3 is 82.6 Å². The fraction of sp³-hybridized carbons (Fsp3) is 0.857. The van der Waals surface area contributed by atoms with Crippen LogP contribution in [-0.4, -0.2) is 69.4 Å². The standard InChI is InChI=1S/2C7H13N.C6H12O2.C3H6O2.C3H8O.C2H6O2.4ClH.2Pt/c2*1-6-4-2-3-5-7(6)8;1-6(2,3)4-5(7)8;1-2-3(4)5;1-2-3-4;3-1-2-4;;;;;;/h2*6-8H,1-5H2;4H2,1-3H3,(H,7,8);2H2,1H3,(H,4,5);4H,2-3H2,1H3;3-4H,1-2H2;4*1H;;/q2*-2;;;;;;;;;2*+4/p-4/t2*6-,7-;;;;;;;;;;/m11........../s1. The molecule has 0 amide bonds. The Bertz CT molecular complexity index is 508. The molecular weight excluding hydrogens is 1010 g/mol. The summed E-state index contributed by atoms with van der Waals surface area (Å²) in [5, 5.41) is 39.1. The maximum absolute atomic E-state index is 10.0. The summed E-state index contributed by atoms with van der Waals surface area (Å²) in [6.45, 7) is 17.1. The van der Waals surface area contributed by atoms with Gasteiger partial charge in [0.1, 0.15) is 0 Å². The first kappa shape index (κ1) is 56.6. The molecule has 0 unspecified atom stereocenters. The van der Waals surface area contributed by atoms with E-state index in [0.717, 1.165) is 19.3 Å². The van der Waals surface area contributed by atoms with E-state index < -0.39 is 44.9 Å². The Balaban J connectivity index is -0.0000000940. The zero-order valence-electron chi connectivity index (χ0n) is 26.3. The van der Waals surface area contributed by atoms with Gasteiger partial charge in [0.2, 0.25) is 0 Å². The first-order chi connectivity index (χ1) is 20.0. The topological polar surface area (TPSA) is 183 Å². The van der Waals surface area contributed by atoms with Gasteiger partial charge in [0.25, 0.3) is 0 Å². The van der Waals surface area contributed by atoms with Crippen LogP contribution in [0.3, 0.4) is 0 Å². The molecule has 4 atom stereocenters. The average Bonchev–Trinajstić information content (AvgIpc) is 2.93. The van der Waals surface area contributed by atoms with Gasteiger partial charge < -0.3 is 50.8 Å². The number of nitrogens with one attached hydrogen (secondary N) is 2. The number of aliphatic carboxylic acids is 2. The molecule has 2 rings (SSSR count). The third-order valence-corrected chi connectivity index (χ3v) is 5.13. The van der Waals surface area contributed by atoms with E-state index in [-0.39, 0.29) is 43.6 Å². The van der Waals surface area contributed by atoms with Crippen molar-refractivity contribution in [1.82, 2.24) is 0 Å². The van der Waals surface area contributed by atoms with Gasteiger partial charge in [-0.05, 0) is 11.8 Å². The Morgan fingerprint density at radius 3 is 1.05 bits per heavy atom. The summed E-state index contributed by atoms with van der Waals surface area (Å²) >= 11 is -0.944. The van der Waals surface area contributed by atoms with Crippen molar-refractivity contribution in [2.45, 2.75) is 117 Å². The fourth-order valence-corrected chi connectivity index (χ4v) is 2.87. The molecule has 7 N–H and O–H groups in total. The van der Waals surface area contributed by atoms with Crippen LogP contribution in [0.2, 0.25) is 0 Å². The second kappa shape index (κ2) is 45.4. The van der Waals surface area contributed by atoms with Crippen LogP contribution in [-0.2, 0) is 42.6 Å². The van der Waals surface area contributed by atoms with Crippen molar-refractivity contribution in [1.29, 1.82) is 0 Å². The number of aliphatic hydroxyl groups is 3. The van der Waals surface area contributed by atoms with Crippen molar-refractivity contribution in [3.05, 3.63) is 25.3 Å². The van der Waals surface area contributed by atoms with E-state index in [1.807, 2.05) is 27.7 Å². The molecule has 0 bridgehead atoms. The quantitative estimate of drug-likeness (QED) is 0.174. The van der Waals surface area contributed by atoms with Crippen LogP contribution in [0.1, 0.15) is 105 Å². The summed E-state index contributed by atoms with van der Waals surface area (Å²) in [6, 6.07) is 0.285. The minimum atomic E-state index is -0.745. The fourth-order valence-electron chi connectivity index (χ4n) is 2.87. The second-order valence-corrected chi connectivity index (χ2v) is 17.0. The number of rotatable bonds is 4. The molecular formula is C28H58Cl4N2O7Pt2. The van der Waals surface area contributed by atoms with Crippen molar-refractivity contribution in [3.8, 4) is 0 Å². The van der Waals surface area contributed by atoms with E-state index in [1.165, 1.54) is 38.5 Å². The molecule has 2 saturated carbocycles. The Kier molecular flexibility index (Phi) is 59.8. The molecule has 0 heterocycles. The van der Waals surface area contributed by atoms with Gasteiger partial charge in [-0.3, -0.25) is 9.59 Å². The first-order valence-electron chi connectivity index (χ1n) is 14.0. The molecule has 9 nitrogen and oxygen atoms in total. The zero-order valence-corrected chi connectivity index (χ0v) is 33.9. The molecule has 0 aromatic carbocycles. The van der Waals surface area contributed by atoms with Gasteiger partial charge in [-0.25, -0.2) is 0 Å². The summed E-state index contributed by atoms with van der Waals surface area (Å²) in [5.74, 6) is -0.630. The number of aliphatic hydroxyl groups excluding tert-OH is 3. The number of carbonyl (C=O) groups is 2. The normalized spacial score (nSPS) is 20.2. The van der Waals surface area contributed by atoms with E-state index in [1.54, 1.807) is 6.92 Å². The van der Waals surface area contributed by atoms with Gasteiger partial charge in [0.05, 0.1) is 19.6 Å². The molecule has 15 heteroatoms. The molecule has 0 saturated heterocycles. The Hall–Kier alpha value is 1.28. The number of hydrogen-bond acceptors (Lipinski definition) is 5. The number of carboxylic acids is 2. The molecule has 0 radical (unpaired) electrons. The molecule has 270 valence electrons. The van der Waals surface area contributed by atoms with Crippen LogP contribution in [0.15, 0.2) is 0 Å². The van der Waals surface area contributed by atoms with Crippen molar-refractivity contribution >= 4 is 49.6 Å². The molecule has 0 aromatic heterocycles. The van der Waals surface area contributed by atoms with Crippen LogP contribution in [0, 0.1) is 31.1 Å². The predicted octanol–water partition coefficient (Wildman–Crippen LogP) is 8.96. The van der Waals surface area contributed by atoms with Gasteiger partial charge in [0, 0.05) is 13.0 Å². The Morgan fingerprint density at radius 2 is 0.977 bits per heavy atom. The number of carboxylic acid groups (broad SMARTS) is 2. The van der Waals surface area contributed by atoms with Gasteiger partial charge in [0.15, 0.2) is 0 Å². The average molecular weight is 1070 g/mol. The summed E-state index contributed by atoms with van der Waals surface area (Å²) in [6.07, 6.45) is 10.9. The molecule has 2 fully saturated rings. The molecule has 0 aliphatic heterocycles. The van der Waals surface area contributed by atoms with Gasteiger partial charge in [-0.1, -0.05) is 86.0 Å². The van der Waals surface area contributed by atoms with E-state index in [9.17, 15) is 9.59 Å². The van der Waals surface area contributed by atoms with Gasteiger partial charge in [-0.15, -0.1) is 0 Å². The number of hydrogen-bond donors (Lipinski definition) is 5. The van der Waals surface area contributed by atoms with Crippen LogP contribution in [0.4, 0.5) is 0 Å². The van der Waals surface area contributed by atoms with Crippen LogP contribution in [0.25, 0.3) is 11.5 Å².